The molecule has 2 aromatic carbocycles. The van der Waals surface area contributed by atoms with E-state index in [2.05, 4.69) is 0 Å². The van der Waals surface area contributed by atoms with Gasteiger partial charge in [0.25, 0.3) is 5.91 Å². The number of amides is 1. The molecule has 0 spiro atoms. The number of carbonyl (C=O) groups excluding carboxylic acids is 1. The zero-order valence-corrected chi connectivity index (χ0v) is 11.4. The zero-order valence-electron chi connectivity index (χ0n) is 11.4. The lowest BCUT2D eigenvalue weighted by molar-refractivity contribution is 0.0982. The number of aryl methyl sites for hydroxylation is 1. The van der Waals surface area contributed by atoms with Crippen molar-refractivity contribution >= 4 is 17.3 Å². The molecule has 2 aromatic rings. The molecule has 0 fully saturated rings. The molecule has 0 saturated heterocycles. The van der Waals surface area contributed by atoms with E-state index in [1.807, 2.05) is 12.1 Å². The maximum atomic E-state index is 12.6. The Bertz CT molecular complexity index is 713. The van der Waals surface area contributed by atoms with Crippen LogP contribution in [0.3, 0.4) is 0 Å². The smallest absolute Gasteiger partial charge is 0.262 e. The van der Waals surface area contributed by atoms with Gasteiger partial charge in [0.15, 0.2) is 0 Å². The summed E-state index contributed by atoms with van der Waals surface area (Å²) in [4.78, 5) is 14.3. The van der Waals surface area contributed by atoms with Gasteiger partial charge in [-0.05, 0) is 54.8 Å². The first-order valence-corrected chi connectivity index (χ1v) is 6.78. The van der Waals surface area contributed by atoms with Crippen LogP contribution in [0.15, 0.2) is 36.4 Å². The van der Waals surface area contributed by atoms with Crippen molar-refractivity contribution in [3.63, 3.8) is 0 Å². The Labute approximate surface area is 122 Å². The summed E-state index contributed by atoms with van der Waals surface area (Å²) < 4.78 is 0. The normalized spacial score (nSPS) is 13.8. The summed E-state index contributed by atoms with van der Waals surface area (Å²) in [5.41, 5.74) is 8.38. The van der Waals surface area contributed by atoms with Crippen molar-refractivity contribution in [2.24, 2.45) is 0 Å². The van der Waals surface area contributed by atoms with Gasteiger partial charge in [0.1, 0.15) is 11.5 Å². The Morgan fingerprint density at radius 3 is 2.76 bits per heavy atom. The number of nitrogens with zero attached hydrogens (tertiary/aromatic N) is 1. The summed E-state index contributed by atoms with van der Waals surface area (Å²) in [6.07, 6.45) is 1.71. The van der Waals surface area contributed by atoms with Gasteiger partial charge in [-0.2, -0.15) is 0 Å². The SMILES string of the molecule is Nc1ccc2c(c1)CCCN2C(=O)c1cc(O)ccc1O. The summed E-state index contributed by atoms with van der Waals surface area (Å²) in [7, 11) is 0. The van der Waals surface area contributed by atoms with E-state index in [-0.39, 0.29) is 23.0 Å². The summed E-state index contributed by atoms with van der Waals surface area (Å²) in [5.74, 6) is -0.514. The molecule has 0 aromatic heterocycles. The standard InChI is InChI=1S/C16H16N2O3/c17-11-3-5-14-10(8-11)2-1-7-18(14)16(21)13-9-12(19)4-6-15(13)20/h3-6,8-9,19-20H,1-2,7,17H2. The van der Waals surface area contributed by atoms with Crippen LogP contribution in [0.2, 0.25) is 0 Å². The molecule has 0 radical (unpaired) electrons. The third-order valence-electron chi connectivity index (χ3n) is 3.68. The lowest BCUT2D eigenvalue weighted by atomic mass is 10.00. The number of fused-ring (bicyclic) bond motifs is 1. The van der Waals surface area contributed by atoms with Gasteiger partial charge in [0.05, 0.1) is 5.56 Å². The molecule has 1 amide bonds. The molecule has 108 valence electrons. The molecule has 0 atom stereocenters. The first kappa shape index (κ1) is 13.3. The summed E-state index contributed by atoms with van der Waals surface area (Å²) in [6.45, 7) is 0.574. The van der Waals surface area contributed by atoms with E-state index < -0.39 is 0 Å². The first-order valence-electron chi connectivity index (χ1n) is 6.78. The van der Waals surface area contributed by atoms with Gasteiger partial charge < -0.3 is 20.8 Å². The second-order valence-corrected chi connectivity index (χ2v) is 5.15. The van der Waals surface area contributed by atoms with Gasteiger partial charge in [0.2, 0.25) is 0 Å². The summed E-state index contributed by atoms with van der Waals surface area (Å²) >= 11 is 0. The number of carbonyl (C=O) groups is 1. The van der Waals surface area contributed by atoms with E-state index in [1.54, 1.807) is 11.0 Å². The molecule has 1 aliphatic heterocycles. The van der Waals surface area contributed by atoms with Crippen molar-refractivity contribution in [1.82, 2.24) is 0 Å². The number of rotatable bonds is 1. The number of hydrogen-bond acceptors (Lipinski definition) is 4. The number of benzene rings is 2. The molecular formula is C16H16N2O3. The van der Waals surface area contributed by atoms with Crippen LogP contribution in [0.1, 0.15) is 22.3 Å². The van der Waals surface area contributed by atoms with Gasteiger partial charge in [-0.3, -0.25) is 4.79 Å². The molecule has 1 aliphatic rings. The van der Waals surface area contributed by atoms with E-state index in [1.165, 1.54) is 18.2 Å². The number of anilines is 2. The lowest BCUT2D eigenvalue weighted by Gasteiger charge is -2.30. The second kappa shape index (κ2) is 5.01. The van der Waals surface area contributed by atoms with E-state index in [4.69, 9.17) is 5.73 Å². The molecule has 21 heavy (non-hydrogen) atoms. The van der Waals surface area contributed by atoms with Gasteiger partial charge in [0, 0.05) is 17.9 Å². The highest BCUT2D eigenvalue weighted by atomic mass is 16.3. The summed E-state index contributed by atoms with van der Waals surface area (Å²) in [5, 5.41) is 19.4. The number of hydrogen-bond donors (Lipinski definition) is 3. The van der Waals surface area contributed by atoms with Crippen LogP contribution in [-0.4, -0.2) is 22.7 Å². The molecular weight excluding hydrogens is 268 g/mol. The average molecular weight is 284 g/mol. The third kappa shape index (κ3) is 2.38. The lowest BCUT2D eigenvalue weighted by Crippen LogP contribution is -2.35. The van der Waals surface area contributed by atoms with Crippen LogP contribution < -0.4 is 10.6 Å². The second-order valence-electron chi connectivity index (χ2n) is 5.15. The fraction of sp³-hybridized carbons (Fsp3) is 0.188. The van der Waals surface area contributed by atoms with Crippen LogP contribution in [0.4, 0.5) is 11.4 Å². The van der Waals surface area contributed by atoms with Crippen molar-refractivity contribution in [2.75, 3.05) is 17.2 Å². The quantitative estimate of drug-likeness (QED) is 0.554. The van der Waals surface area contributed by atoms with Crippen molar-refractivity contribution in [3.05, 3.63) is 47.5 Å². The van der Waals surface area contributed by atoms with Crippen molar-refractivity contribution in [3.8, 4) is 11.5 Å². The summed E-state index contributed by atoms with van der Waals surface area (Å²) in [6, 6.07) is 9.39. The van der Waals surface area contributed by atoms with Gasteiger partial charge in [-0.25, -0.2) is 0 Å². The molecule has 3 rings (SSSR count). The maximum absolute atomic E-state index is 12.6. The highest BCUT2D eigenvalue weighted by Crippen LogP contribution is 2.32. The van der Waals surface area contributed by atoms with Gasteiger partial charge >= 0.3 is 0 Å². The fourth-order valence-electron chi connectivity index (χ4n) is 2.67. The van der Waals surface area contributed by atoms with Crippen LogP contribution in [-0.2, 0) is 6.42 Å². The minimum absolute atomic E-state index is 0.0503. The number of phenolic OH excluding ortho intramolecular Hbond substituents is 2. The maximum Gasteiger partial charge on any atom is 0.262 e. The van der Waals surface area contributed by atoms with Crippen LogP contribution in [0.5, 0.6) is 11.5 Å². The van der Waals surface area contributed by atoms with Crippen molar-refractivity contribution < 1.29 is 15.0 Å². The number of nitrogen functional groups attached to an aromatic ring is 1. The topological polar surface area (TPSA) is 86.8 Å². The highest BCUT2D eigenvalue weighted by molar-refractivity contribution is 6.08. The Hall–Kier alpha value is -2.69. The van der Waals surface area contributed by atoms with Crippen molar-refractivity contribution in [2.45, 2.75) is 12.8 Å². The van der Waals surface area contributed by atoms with Crippen LogP contribution in [0.25, 0.3) is 0 Å². The highest BCUT2D eigenvalue weighted by Gasteiger charge is 2.25. The molecule has 4 N–H and O–H groups in total. The monoisotopic (exact) mass is 284 g/mol. The zero-order chi connectivity index (χ0) is 15.0. The average Bonchev–Trinajstić information content (AvgIpc) is 2.48. The predicted molar refractivity (Wildman–Crippen MR) is 80.6 cm³/mol. The minimum Gasteiger partial charge on any atom is -0.508 e. The van der Waals surface area contributed by atoms with E-state index in [9.17, 15) is 15.0 Å². The molecule has 0 bridgehead atoms. The Morgan fingerprint density at radius 2 is 1.95 bits per heavy atom. The first-order chi connectivity index (χ1) is 10.1. The van der Waals surface area contributed by atoms with E-state index >= 15 is 0 Å². The molecule has 0 saturated carbocycles. The molecule has 1 heterocycles. The molecule has 5 nitrogen and oxygen atoms in total. The number of nitrogens with two attached hydrogens (primary N) is 1. The Kier molecular flexibility index (Phi) is 3.17. The van der Waals surface area contributed by atoms with Crippen LogP contribution in [0, 0.1) is 0 Å². The largest absolute Gasteiger partial charge is 0.508 e. The van der Waals surface area contributed by atoms with Gasteiger partial charge in [-0.15, -0.1) is 0 Å². The number of aromatic hydroxyl groups is 2. The van der Waals surface area contributed by atoms with E-state index in [0.29, 0.717) is 12.2 Å². The third-order valence-corrected chi connectivity index (χ3v) is 3.68. The molecule has 5 heteroatoms. The molecule has 0 unspecified atom stereocenters. The van der Waals surface area contributed by atoms with E-state index in [0.717, 1.165) is 24.1 Å². The Balaban J connectivity index is 2.02. The Morgan fingerprint density at radius 1 is 1.14 bits per heavy atom. The van der Waals surface area contributed by atoms with Gasteiger partial charge in [-0.1, -0.05) is 0 Å². The minimum atomic E-state index is -0.325. The number of phenols is 2. The van der Waals surface area contributed by atoms with Crippen LogP contribution >= 0.6 is 0 Å². The predicted octanol–water partition coefficient (Wildman–Crippen LogP) is 2.27. The fourth-order valence-corrected chi connectivity index (χ4v) is 2.67. The van der Waals surface area contributed by atoms with Crippen molar-refractivity contribution in [1.29, 1.82) is 0 Å². The molecule has 0 aliphatic carbocycles.